The van der Waals surface area contributed by atoms with Crippen LogP contribution < -0.4 is 14.8 Å². The molecule has 7 heteroatoms. The van der Waals surface area contributed by atoms with Crippen LogP contribution in [0, 0.1) is 0 Å². The first kappa shape index (κ1) is 24.5. The van der Waals surface area contributed by atoms with Gasteiger partial charge in [0.1, 0.15) is 6.61 Å². The minimum Gasteiger partial charge on any atom is -0.493 e. The number of nitrogens with zero attached hydrogens (tertiary/aromatic N) is 2. The lowest BCUT2D eigenvalue weighted by Gasteiger charge is -2.11. The van der Waals surface area contributed by atoms with Crippen molar-refractivity contribution in [2.75, 3.05) is 7.11 Å². The number of hydrogen-bond donors (Lipinski definition) is 1. The first-order chi connectivity index (χ1) is 17.0. The lowest BCUT2D eigenvalue weighted by atomic mass is 10.0. The van der Waals surface area contributed by atoms with E-state index in [9.17, 15) is 4.79 Å². The van der Waals surface area contributed by atoms with E-state index >= 15 is 0 Å². The third-order valence-corrected chi connectivity index (χ3v) is 6.70. The fraction of sp³-hybridized carbons (Fsp3) is 0.250. The lowest BCUT2D eigenvalue weighted by molar-refractivity contribution is -0.118. The molecule has 0 bridgehead atoms. The standard InChI is InChI=1S/C28H29N3O3S/c1-19(2)23-12-9-20(10-13-23)16-26-27(32)30-28(35-26)31-29-17-22-11-14-24(25(15-22)33-3)34-18-21-7-5-4-6-8-21/h4-15,17,19,26H,16,18H2,1-3H3,(H,30,31,32)/b29-17-/t26-/m1/s1. The Bertz CT molecular complexity index is 1210. The van der Waals surface area contributed by atoms with Gasteiger partial charge >= 0.3 is 0 Å². The Kier molecular flexibility index (Phi) is 8.21. The number of nitrogens with one attached hydrogen (secondary N) is 1. The van der Waals surface area contributed by atoms with Crippen molar-refractivity contribution in [2.45, 2.75) is 38.0 Å². The highest BCUT2D eigenvalue weighted by Gasteiger charge is 2.30. The summed E-state index contributed by atoms with van der Waals surface area (Å²) in [4.78, 5) is 12.4. The molecule has 4 rings (SSSR count). The predicted octanol–water partition coefficient (Wildman–Crippen LogP) is 5.56. The Morgan fingerprint density at radius 3 is 2.49 bits per heavy atom. The van der Waals surface area contributed by atoms with Gasteiger partial charge in [-0.2, -0.15) is 5.10 Å². The first-order valence-electron chi connectivity index (χ1n) is 11.5. The van der Waals surface area contributed by atoms with Gasteiger partial charge in [0.25, 0.3) is 0 Å². The summed E-state index contributed by atoms with van der Waals surface area (Å²) in [7, 11) is 1.60. The molecule has 0 saturated carbocycles. The predicted molar refractivity (Wildman–Crippen MR) is 143 cm³/mol. The summed E-state index contributed by atoms with van der Waals surface area (Å²) < 4.78 is 11.4. The van der Waals surface area contributed by atoms with Crippen LogP contribution in [0.3, 0.4) is 0 Å². The molecule has 6 nitrogen and oxygen atoms in total. The van der Waals surface area contributed by atoms with Crippen LogP contribution in [-0.2, 0) is 17.8 Å². The van der Waals surface area contributed by atoms with Gasteiger partial charge in [-0.1, -0.05) is 80.2 Å². The minimum absolute atomic E-state index is 0.0431. The summed E-state index contributed by atoms with van der Waals surface area (Å²) in [5.41, 5.74) is 4.32. The normalized spacial score (nSPS) is 16.7. The summed E-state index contributed by atoms with van der Waals surface area (Å²) in [5, 5.41) is 11.5. The van der Waals surface area contributed by atoms with Crippen molar-refractivity contribution < 1.29 is 14.3 Å². The summed E-state index contributed by atoms with van der Waals surface area (Å²) in [6, 6.07) is 24.0. The number of thioether (sulfide) groups is 1. The Balaban J connectivity index is 1.35. The highest BCUT2D eigenvalue weighted by molar-refractivity contribution is 8.15. The molecule has 0 aromatic heterocycles. The number of amidine groups is 1. The van der Waals surface area contributed by atoms with E-state index in [0.717, 1.165) is 16.7 Å². The number of amides is 1. The van der Waals surface area contributed by atoms with E-state index < -0.39 is 0 Å². The molecule has 1 aliphatic rings. The molecule has 1 atom stereocenters. The second kappa shape index (κ2) is 11.7. The van der Waals surface area contributed by atoms with Crippen molar-refractivity contribution >= 4 is 29.1 Å². The summed E-state index contributed by atoms with van der Waals surface area (Å²) in [6.45, 7) is 4.80. The van der Waals surface area contributed by atoms with E-state index in [1.54, 1.807) is 13.3 Å². The molecule has 0 radical (unpaired) electrons. The zero-order chi connectivity index (χ0) is 24.6. The van der Waals surface area contributed by atoms with Gasteiger partial charge in [0, 0.05) is 0 Å². The number of methoxy groups -OCH3 is 1. The summed E-state index contributed by atoms with van der Waals surface area (Å²) >= 11 is 1.40. The van der Waals surface area contributed by atoms with Crippen molar-refractivity contribution in [1.29, 1.82) is 0 Å². The zero-order valence-electron chi connectivity index (χ0n) is 20.1. The minimum atomic E-state index is -0.213. The fourth-order valence-corrected chi connectivity index (χ4v) is 4.57. The molecule has 35 heavy (non-hydrogen) atoms. The highest BCUT2D eigenvalue weighted by atomic mass is 32.2. The quantitative estimate of drug-likeness (QED) is 0.317. The van der Waals surface area contributed by atoms with Crippen LogP contribution in [0.4, 0.5) is 0 Å². The topological polar surface area (TPSA) is 72.3 Å². The number of carbonyl (C=O) groups is 1. The zero-order valence-corrected chi connectivity index (χ0v) is 20.9. The van der Waals surface area contributed by atoms with Crippen LogP contribution in [0.1, 0.15) is 42.0 Å². The van der Waals surface area contributed by atoms with E-state index in [4.69, 9.17) is 9.47 Å². The second-order valence-corrected chi connectivity index (χ2v) is 9.72. The van der Waals surface area contributed by atoms with Crippen molar-refractivity contribution in [2.24, 2.45) is 10.2 Å². The van der Waals surface area contributed by atoms with Crippen LogP contribution in [0.5, 0.6) is 11.5 Å². The molecule has 0 aliphatic carbocycles. The monoisotopic (exact) mass is 487 g/mol. The molecule has 0 unspecified atom stereocenters. The number of carbonyl (C=O) groups excluding carboxylic acids is 1. The molecule has 1 fully saturated rings. The SMILES string of the molecule is COc1cc(/C=N\N=C2\NC(=O)[C@@H](Cc3ccc(C(C)C)cc3)S2)ccc1OCc1ccccc1. The number of rotatable bonds is 9. The maximum atomic E-state index is 12.4. The number of hydrogen-bond acceptors (Lipinski definition) is 6. The third kappa shape index (κ3) is 6.73. The van der Waals surface area contributed by atoms with Gasteiger partial charge in [0.2, 0.25) is 5.91 Å². The second-order valence-electron chi connectivity index (χ2n) is 8.53. The van der Waals surface area contributed by atoms with Gasteiger partial charge in [-0.05, 0) is 52.8 Å². The first-order valence-corrected chi connectivity index (χ1v) is 12.4. The van der Waals surface area contributed by atoms with E-state index in [-0.39, 0.29) is 11.2 Å². The molecular weight excluding hydrogens is 458 g/mol. The van der Waals surface area contributed by atoms with Gasteiger partial charge in [-0.3, -0.25) is 4.79 Å². The third-order valence-electron chi connectivity index (χ3n) is 5.62. The summed E-state index contributed by atoms with van der Waals surface area (Å²) in [6.07, 6.45) is 2.28. The Morgan fingerprint density at radius 2 is 1.77 bits per heavy atom. The van der Waals surface area contributed by atoms with Crippen molar-refractivity contribution in [1.82, 2.24) is 5.32 Å². The van der Waals surface area contributed by atoms with E-state index in [1.807, 2.05) is 48.5 Å². The molecule has 180 valence electrons. The van der Waals surface area contributed by atoms with Crippen LogP contribution in [-0.4, -0.2) is 29.6 Å². The van der Waals surface area contributed by atoms with Gasteiger partial charge in [0.05, 0.1) is 18.6 Å². The van der Waals surface area contributed by atoms with Gasteiger partial charge in [-0.15, -0.1) is 5.10 Å². The molecule has 1 aliphatic heterocycles. The summed E-state index contributed by atoms with van der Waals surface area (Å²) in [5.74, 6) is 1.72. The van der Waals surface area contributed by atoms with Crippen LogP contribution >= 0.6 is 11.8 Å². The molecule has 3 aromatic carbocycles. The Morgan fingerprint density at radius 1 is 1.00 bits per heavy atom. The average Bonchev–Trinajstić information content (AvgIpc) is 3.22. The fourth-order valence-electron chi connectivity index (χ4n) is 3.61. The molecule has 1 amide bonds. The van der Waals surface area contributed by atoms with Crippen LogP contribution in [0.15, 0.2) is 83.0 Å². The average molecular weight is 488 g/mol. The largest absolute Gasteiger partial charge is 0.493 e. The molecule has 0 spiro atoms. The lowest BCUT2D eigenvalue weighted by Crippen LogP contribution is -2.25. The molecule has 1 N–H and O–H groups in total. The van der Waals surface area contributed by atoms with Gasteiger partial charge < -0.3 is 14.8 Å². The van der Waals surface area contributed by atoms with E-state index in [0.29, 0.717) is 35.6 Å². The molecule has 1 heterocycles. The van der Waals surface area contributed by atoms with Crippen molar-refractivity contribution in [3.05, 3.63) is 95.1 Å². The Labute approximate surface area is 210 Å². The molecule has 1 saturated heterocycles. The maximum absolute atomic E-state index is 12.4. The van der Waals surface area contributed by atoms with Crippen LogP contribution in [0.2, 0.25) is 0 Å². The number of benzene rings is 3. The smallest absolute Gasteiger partial charge is 0.239 e. The highest BCUT2D eigenvalue weighted by Crippen LogP contribution is 2.29. The van der Waals surface area contributed by atoms with Crippen molar-refractivity contribution in [3.8, 4) is 11.5 Å². The Hall–Kier alpha value is -3.58. The number of ether oxygens (including phenoxy) is 2. The van der Waals surface area contributed by atoms with Crippen molar-refractivity contribution in [3.63, 3.8) is 0 Å². The molecule has 3 aromatic rings. The maximum Gasteiger partial charge on any atom is 0.239 e. The van der Waals surface area contributed by atoms with E-state index in [1.165, 1.54) is 17.3 Å². The molecular formula is C28H29N3O3S. The van der Waals surface area contributed by atoms with Gasteiger partial charge in [0.15, 0.2) is 16.7 Å². The van der Waals surface area contributed by atoms with E-state index in [2.05, 4.69) is 53.6 Å². The van der Waals surface area contributed by atoms with Crippen LogP contribution in [0.25, 0.3) is 0 Å². The van der Waals surface area contributed by atoms with Gasteiger partial charge in [-0.25, -0.2) is 0 Å².